The van der Waals surface area contributed by atoms with Gasteiger partial charge in [0.25, 0.3) is 5.56 Å². The number of carbonyl (C=O) groups is 1. The summed E-state index contributed by atoms with van der Waals surface area (Å²) < 4.78 is 8.01. The molecule has 10 nitrogen and oxygen atoms in total. The number of nitrogens with zero attached hydrogens (tertiary/aromatic N) is 4. The van der Waals surface area contributed by atoms with Crippen molar-refractivity contribution < 1.29 is 9.53 Å². The Morgan fingerprint density at radius 1 is 1.14 bits per heavy atom. The van der Waals surface area contributed by atoms with Crippen LogP contribution in [-0.2, 0) is 17.9 Å². The number of benzene rings is 1. The number of amides is 1. The molecule has 0 fully saturated rings. The summed E-state index contributed by atoms with van der Waals surface area (Å²) in [5, 5.41) is 2.76. The van der Waals surface area contributed by atoms with Crippen molar-refractivity contribution in [2.75, 3.05) is 6.61 Å². The van der Waals surface area contributed by atoms with Gasteiger partial charge in [-0.25, -0.2) is 15.3 Å². The molecule has 152 valence electrons. The fourth-order valence-corrected chi connectivity index (χ4v) is 3.04. The van der Waals surface area contributed by atoms with Gasteiger partial charge in [0.1, 0.15) is 17.1 Å². The first-order valence-electron chi connectivity index (χ1n) is 9.37. The standard InChI is InChI=1S/C19H22N6O4/c1-3-9-24-17-15(18(27)25(10-4-2)19(24)28)21-16(22-17)12-5-7-13(8-6-12)29-11-14(26)23-20/h5-8,20H,3-4,9-11H2,1-2H3,(H,21,22). The zero-order chi connectivity index (χ0) is 21.0. The molecule has 0 aliphatic carbocycles. The van der Waals surface area contributed by atoms with Gasteiger partial charge < -0.3 is 9.72 Å². The molecule has 3 rings (SSSR count). The van der Waals surface area contributed by atoms with E-state index in [1.54, 1.807) is 24.3 Å². The van der Waals surface area contributed by atoms with E-state index in [4.69, 9.17) is 10.3 Å². The highest BCUT2D eigenvalue weighted by Crippen LogP contribution is 2.21. The Morgan fingerprint density at radius 2 is 1.79 bits per heavy atom. The summed E-state index contributed by atoms with van der Waals surface area (Å²) in [6, 6.07) is 6.74. The van der Waals surface area contributed by atoms with Gasteiger partial charge in [0.15, 0.2) is 12.3 Å². The maximum Gasteiger partial charge on any atom is 0.332 e. The fourth-order valence-electron chi connectivity index (χ4n) is 3.04. The number of nitrogens with one attached hydrogen (secondary N) is 2. The quantitative estimate of drug-likeness (QED) is 0.561. The minimum atomic E-state index is -0.677. The molecule has 0 saturated heterocycles. The summed E-state index contributed by atoms with van der Waals surface area (Å²) >= 11 is 0. The number of aryl methyl sites for hydroxylation is 1. The maximum absolute atomic E-state index is 12.8. The second-order valence-corrected chi connectivity index (χ2v) is 6.49. The number of hydrogen-bond acceptors (Lipinski definition) is 6. The summed E-state index contributed by atoms with van der Waals surface area (Å²) in [7, 11) is 0. The van der Waals surface area contributed by atoms with Crippen LogP contribution in [0.25, 0.3) is 22.6 Å². The van der Waals surface area contributed by atoms with Gasteiger partial charge in [-0.3, -0.25) is 18.7 Å². The average Bonchev–Trinajstić information content (AvgIpc) is 3.18. The third-order valence-corrected chi connectivity index (χ3v) is 4.37. The third-order valence-electron chi connectivity index (χ3n) is 4.37. The Labute approximate surface area is 165 Å². The molecule has 1 aromatic carbocycles. The topological polar surface area (TPSA) is 135 Å². The maximum atomic E-state index is 12.8. The van der Waals surface area contributed by atoms with Crippen LogP contribution in [0.2, 0.25) is 0 Å². The van der Waals surface area contributed by atoms with Gasteiger partial charge in [0.2, 0.25) is 0 Å². The van der Waals surface area contributed by atoms with E-state index in [2.05, 4.69) is 15.1 Å². The van der Waals surface area contributed by atoms with Crippen LogP contribution in [0.15, 0.2) is 39.0 Å². The molecular formula is C19H22N6O4. The monoisotopic (exact) mass is 398 g/mol. The molecule has 0 aliphatic heterocycles. The highest BCUT2D eigenvalue weighted by Gasteiger charge is 2.17. The normalized spacial score (nSPS) is 11.0. The van der Waals surface area contributed by atoms with E-state index in [9.17, 15) is 14.4 Å². The first-order valence-corrected chi connectivity index (χ1v) is 9.37. The van der Waals surface area contributed by atoms with E-state index >= 15 is 0 Å². The highest BCUT2D eigenvalue weighted by atomic mass is 16.5. The van der Waals surface area contributed by atoms with Gasteiger partial charge in [-0.05, 0) is 37.1 Å². The molecule has 0 bridgehead atoms. The van der Waals surface area contributed by atoms with Crippen molar-refractivity contribution in [2.45, 2.75) is 39.8 Å². The fraction of sp³-hybridized carbons (Fsp3) is 0.368. The number of fused-ring (bicyclic) bond motifs is 1. The number of carbonyl (C=O) groups excluding carboxylic acids is 1. The van der Waals surface area contributed by atoms with Crippen LogP contribution in [0.3, 0.4) is 0 Å². The van der Waals surface area contributed by atoms with Crippen LogP contribution in [0.4, 0.5) is 0 Å². The minimum absolute atomic E-state index is 0.296. The number of hydrogen-bond donors (Lipinski definition) is 2. The van der Waals surface area contributed by atoms with Crippen LogP contribution < -0.4 is 16.0 Å². The van der Waals surface area contributed by atoms with Crippen molar-refractivity contribution in [1.29, 1.82) is 5.53 Å². The molecule has 2 N–H and O–H groups in total. The Hall–Kier alpha value is -3.56. The van der Waals surface area contributed by atoms with Crippen molar-refractivity contribution in [3.8, 4) is 17.1 Å². The van der Waals surface area contributed by atoms with Crippen molar-refractivity contribution in [2.24, 2.45) is 5.11 Å². The van der Waals surface area contributed by atoms with E-state index in [0.29, 0.717) is 47.8 Å². The molecule has 0 saturated carbocycles. The predicted octanol–water partition coefficient (Wildman–Crippen LogP) is 2.31. The molecule has 0 unspecified atom stereocenters. The number of imidazole rings is 1. The van der Waals surface area contributed by atoms with Gasteiger partial charge in [-0.1, -0.05) is 13.8 Å². The first-order chi connectivity index (χ1) is 14.0. The second kappa shape index (κ2) is 8.63. The predicted molar refractivity (Wildman–Crippen MR) is 106 cm³/mol. The van der Waals surface area contributed by atoms with Crippen LogP contribution in [-0.4, -0.2) is 31.6 Å². The lowest BCUT2D eigenvalue weighted by Gasteiger charge is -2.09. The zero-order valence-electron chi connectivity index (χ0n) is 16.3. The van der Waals surface area contributed by atoms with Gasteiger partial charge >= 0.3 is 11.6 Å². The minimum Gasteiger partial charge on any atom is -0.484 e. The largest absolute Gasteiger partial charge is 0.484 e. The number of aromatic nitrogens is 4. The van der Waals surface area contributed by atoms with Gasteiger partial charge in [-0.15, -0.1) is 5.11 Å². The molecule has 0 aliphatic rings. The summed E-state index contributed by atoms with van der Waals surface area (Å²) in [6.07, 6.45) is 1.40. The number of H-pyrrole nitrogens is 1. The van der Waals surface area contributed by atoms with E-state index in [1.165, 1.54) is 9.13 Å². The molecule has 0 atom stereocenters. The number of rotatable bonds is 8. The van der Waals surface area contributed by atoms with Crippen molar-refractivity contribution in [3.63, 3.8) is 0 Å². The number of aromatic amines is 1. The zero-order valence-corrected chi connectivity index (χ0v) is 16.3. The Bertz CT molecular complexity index is 1160. The van der Waals surface area contributed by atoms with Crippen molar-refractivity contribution in [1.82, 2.24) is 19.1 Å². The van der Waals surface area contributed by atoms with E-state index in [-0.39, 0.29) is 17.9 Å². The van der Waals surface area contributed by atoms with Gasteiger partial charge in [0, 0.05) is 18.7 Å². The van der Waals surface area contributed by atoms with Crippen LogP contribution >= 0.6 is 0 Å². The van der Waals surface area contributed by atoms with Crippen molar-refractivity contribution in [3.05, 3.63) is 45.1 Å². The molecule has 10 heteroatoms. The SMILES string of the molecule is CCCn1c(=O)c2[nH]c(-c3ccc(OCC(=O)N=N)cc3)nc2n(CCC)c1=O. The molecule has 0 radical (unpaired) electrons. The second-order valence-electron chi connectivity index (χ2n) is 6.49. The smallest absolute Gasteiger partial charge is 0.332 e. The molecule has 1 amide bonds. The molecular weight excluding hydrogens is 376 g/mol. The summed E-state index contributed by atoms with van der Waals surface area (Å²) in [5.74, 6) is 0.220. The van der Waals surface area contributed by atoms with Crippen LogP contribution in [0, 0.1) is 5.53 Å². The van der Waals surface area contributed by atoms with Gasteiger partial charge in [-0.2, -0.15) is 0 Å². The van der Waals surface area contributed by atoms with Crippen molar-refractivity contribution >= 4 is 17.1 Å². The summed E-state index contributed by atoms with van der Waals surface area (Å²) in [6.45, 7) is 4.37. The summed E-state index contributed by atoms with van der Waals surface area (Å²) in [5.41, 5.74) is 7.23. The first kappa shape index (κ1) is 20.2. The lowest BCUT2D eigenvalue weighted by molar-refractivity contribution is -0.120. The lowest BCUT2D eigenvalue weighted by atomic mass is 10.2. The lowest BCUT2D eigenvalue weighted by Crippen LogP contribution is -2.40. The van der Waals surface area contributed by atoms with Crippen LogP contribution in [0.1, 0.15) is 26.7 Å². The average molecular weight is 398 g/mol. The van der Waals surface area contributed by atoms with Crippen LogP contribution in [0.5, 0.6) is 5.75 Å². The summed E-state index contributed by atoms with van der Waals surface area (Å²) in [4.78, 5) is 44.1. The van der Waals surface area contributed by atoms with E-state index < -0.39 is 5.91 Å². The Balaban J connectivity index is 2.03. The third kappa shape index (κ3) is 4.00. The Kier molecular flexibility index (Phi) is 6.01. The Morgan fingerprint density at radius 3 is 2.41 bits per heavy atom. The number of ether oxygens (including phenoxy) is 1. The van der Waals surface area contributed by atoms with Gasteiger partial charge in [0.05, 0.1) is 0 Å². The molecule has 29 heavy (non-hydrogen) atoms. The highest BCUT2D eigenvalue weighted by molar-refractivity contribution is 5.77. The molecule has 0 spiro atoms. The molecule has 3 aromatic rings. The molecule has 2 aromatic heterocycles. The van der Waals surface area contributed by atoms with E-state index in [1.807, 2.05) is 13.8 Å². The van der Waals surface area contributed by atoms with E-state index in [0.717, 1.165) is 6.42 Å². The molecule has 2 heterocycles.